The molecule has 0 saturated carbocycles. The van der Waals surface area contributed by atoms with Crippen molar-refractivity contribution in [3.05, 3.63) is 36.2 Å². The molecule has 19 heavy (non-hydrogen) atoms. The summed E-state index contributed by atoms with van der Waals surface area (Å²) in [6, 6.07) is 8.72. The fourth-order valence-electron chi connectivity index (χ4n) is 1.39. The molecule has 1 aromatic carbocycles. The van der Waals surface area contributed by atoms with E-state index < -0.39 is 6.10 Å². The summed E-state index contributed by atoms with van der Waals surface area (Å²) in [7, 11) is 0. The van der Waals surface area contributed by atoms with Crippen LogP contribution in [0.3, 0.4) is 0 Å². The number of anilines is 1. The number of nitrogens with zero attached hydrogens (tertiary/aromatic N) is 3. The maximum Gasteiger partial charge on any atom is 0.267 e. The summed E-state index contributed by atoms with van der Waals surface area (Å²) in [4.78, 5) is 15.6. The van der Waals surface area contributed by atoms with Crippen molar-refractivity contribution in [3.8, 4) is 11.8 Å². The molecule has 1 atom stereocenters. The van der Waals surface area contributed by atoms with Gasteiger partial charge in [-0.3, -0.25) is 10.1 Å². The number of nitriles is 1. The van der Waals surface area contributed by atoms with Crippen molar-refractivity contribution in [2.24, 2.45) is 0 Å². The van der Waals surface area contributed by atoms with Crippen molar-refractivity contribution in [1.29, 1.82) is 5.26 Å². The van der Waals surface area contributed by atoms with Crippen LogP contribution in [-0.4, -0.2) is 27.2 Å². The summed E-state index contributed by atoms with van der Waals surface area (Å²) in [5, 5.41) is 17.5. The van der Waals surface area contributed by atoms with E-state index >= 15 is 0 Å². The molecule has 2 N–H and O–H groups in total. The number of hydrogen-bond acceptors (Lipinski definition) is 5. The predicted molar refractivity (Wildman–Crippen MR) is 66.3 cm³/mol. The van der Waals surface area contributed by atoms with E-state index in [0.717, 1.165) is 0 Å². The van der Waals surface area contributed by atoms with E-state index in [0.29, 0.717) is 11.3 Å². The second kappa shape index (κ2) is 5.64. The zero-order valence-electron chi connectivity index (χ0n) is 10.1. The third-order valence-corrected chi connectivity index (χ3v) is 2.34. The lowest BCUT2D eigenvalue weighted by molar-refractivity contribution is -0.122. The van der Waals surface area contributed by atoms with E-state index in [4.69, 9.17) is 10.00 Å². The minimum atomic E-state index is -0.764. The average Bonchev–Trinajstić information content (AvgIpc) is 2.92. The van der Waals surface area contributed by atoms with Crippen LogP contribution >= 0.6 is 0 Å². The van der Waals surface area contributed by atoms with Gasteiger partial charge in [0.25, 0.3) is 5.91 Å². The van der Waals surface area contributed by atoms with Gasteiger partial charge < -0.3 is 4.74 Å². The summed E-state index contributed by atoms with van der Waals surface area (Å²) >= 11 is 0. The van der Waals surface area contributed by atoms with E-state index in [9.17, 15) is 4.79 Å². The van der Waals surface area contributed by atoms with Gasteiger partial charge in [-0.2, -0.15) is 15.3 Å². The highest BCUT2D eigenvalue weighted by molar-refractivity contribution is 5.92. The molecule has 0 radical (unpaired) electrons. The topological polar surface area (TPSA) is 104 Å². The van der Waals surface area contributed by atoms with Gasteiger partial charge in [0, 0.05) is 0 Å². The summed E-state index contributed by atoms with van der Waals surface area (Å²) in [5.41, 5.74) is 0.377. The van der Waals surface area contributed by atoms with Gasteiger partial charge >= 0.3 is 0 Å². The zero-order valence-corrected chi connectivity index (χ0v) is 10.1. The molecule has 1 aromatic heterocycles. The van der Waals surface area contributed by atoms with Gasteiger partial charge in [-0.1, -0.05) is 12.1 Å². The average molecular weight is 257 g/mol. The Kier molecular flexibility index (Phi) is 3.73. The van der Waals surface area contributed by atoms with E-state index in [2.05, 4.69) is 20.5 Å². The molecule has 7 nitrogen and oxygen atoms in total. The highest BCUT2D eigenvalue weighted by Crippen LogP contribution is 2.18. The first-order valence-electron chi connectivity index (χ1n) is 5.52. The second-order valence-electron chi connectivity index (χ2n) is 3.69. The third kappa shape index (κ3) is 3.07. The Labute approximate surface area is 109 Å². The van der Waals surface area contributed by atoms with Gasteiger partial charge in [0.1, 0.15) is 18.1 Å². The van der Waals surface area contributed by atoms with Crippen molar-refractivity contribution in [2.75, 3.05) is 5.32 Å². The zero-order chi connectivity index (χ0) is 13.7. The van der Waals surface area contributed by atoms with Gasteiger partial charge in [-0.05, 0) is 19.1 Å². The number of nitrogens with one attached hydrogen (secondary N) is 2. The monoisotopic (exact) mass is 257 g/mol. The number of benzene rings is 1. The molecule has 96 valence electrons. The number of rotatable bonds is 4. The molecule has 7 heteroatoms. The van der Waals surface area contributed by atoms with Gasteiger partial charge in [0.2, 0.25) is 5.95 Å². The number of amides is 1. The van der Waals surface area contributed by atoms with Crippen LogP contribution in [0, 0.1) is 11.3 Å². The quantitative estimate of drug-likeness (QED) is 0.853. The van der Waals surface area contributed by atoms with Crippen molar-refractivity contribution < 1.29 is 9.53 Å². The highest BCUT2D eigenvalue weighted by Gasteiger charge is 2.17. The number of carbonyl (C=O) groups excluding carboxylic acids is 1. The fourth-order valence-corrected chi connectivity index (χ4v) is 1.39. The summed E-state index contributed by atoms with van der Waals surface area (Å²) in [5.74, 6) is 0.226. The van der Waals surface area contributed by atoms with Crippen LogP contribution in [0.2, 0.25) is 0 Å². The number of aromatic nitrogens is 3. The molecular weight excluding hydrogens is 246 g/mol. The van der Waals surface area contributed by atoms with Crippen molar-refractivity contribution in [2.45, 2.75) is 13.0 Å². The van der Waals surface area contributed by atoms with Crippen LogP contribution < -0.4 is 10.1 Å². The molecular formula is C12H11N5O2. The molecule has 0 fully saturated rings. The Bertz CT molecular complexity index is 603. The van der Waals surface area contributed by atoms with Crippen LogP contribution in [0.5, 0.6) is 5.75 Å². The minimum absolute atomic E-state index is 0.244. The molecule has 0 aliphatic heterocycles. The molecule has 1 heterocycles. The standard InChI is InChI=1S/C12H11N5O2/c1-8(11(18)16-12-14-7-15-17-12)19-10-5-3-2-4-9(10)6-13/h2-5,7-8H,1H3,(H2,14,15,16,17,18)/t8-/m1/s1. The molecule has 0 aliphatic rings. The molecule has 0 aliphatic carbocycles. The van der Waals surface area contributed by atoms with E-state index in [-0.39, 0.29) is 11.9 Å². The Hall–Kier alpha value is -2.88. The maximum absolute atomic E-state index is 11.8. The van der Waals surface area contributed by atoms with Gasteiger partial charge in [-0.15, -0.1) is 0 Å². The van der Waals surface area contributed by atoms with Crippen LogP contribution in [0.1, 0.15) is 12.5 Å². The predicted octanol–water partition coefficient (Wildman–Crippen LogP) is 1.08. The Morgan fingerprint density at radius 2 is 2.32 bits per heavy atom. The third-order valence-electron chi connectivity index (χ3n) is 2.34. The summed E-state index contributed by atoms with van der Waals surface area (Å²) in [6.07, 6.45) is 0.520. The normalized spacial score (nSPS) is 11.4. The lowest BCUT2D eigenvalue weighted by atomic mass is 10.2. The largest absolute Gasteiger partial charge is 0.480 e. The Balaban J connectivity index is 2.02. The minimum Gasteiger partial charge on any atom is -0.480 e. The van der Waals surface area contributed by atoms with E-state index in [1.165, 1.54) is 6.33 Å². The summed E-state index contributed by atoms with van der Waals surface area (Å²) in [6.45, 7) is 1.58. The van der Waals surface area contributed by atoms with Crippen LogP contribution in [0.4, 0.5) is 5.95 Å². The first-order chi connectivity index (χ1) is 9.20. The number of H-pyrrole nitrogens is 1. The smallest absolute Gasteiger partial charge is 0.267 e. The Morgan fingerprint density at radius 1 is 1.53 bits per heavy atom. The first-order valence-corrected chi connectivity index (χ1v) is 5.52. The van der Waals surface area contributed by atoms with Gasteiger partial charge in [0.15, 0.2) is 6.10 Å². The lowest BCUT2D eigenvalue weighted by Gasteiger charge is -2.14. The first kappa shape index (κ1) is 12.6. The van der Waals surface area contributed by atoms with Crippen molar-refractivity contribution in [1.82, 2.24) is 15.2 Å². The SMILES string of the molecule is C[C@@H](Oc1ccccc1C#N)C(=O)Nc1ncn[nH]1. The Morgan fingerprint density at radius 3 is 3.00 bits per heavy atom. The molecule has 2 aromatic rings. The fraction of sp³-hybridized carbons (Fsp3) is 0.167. The van der Waals surface area contributed by atoms with Gasteiger partial charge in [0.05, 0.1) is 5.56 Å². The molecule has 2 rings (SSSR count). The van der Waals surface area contributed by atoms with Crippen LogP contribution in [-0.2, 0) is 4.79 Å². The van der Waals surface area contributed by atoms with Crippen LogP contribution in [0.15, 0.2) is 30.6 Å². The maximum atomic E-state index is 11.8. The molecule has 0 spiro atoms. The number of aromatic amines is 1. The lowest BCUT2D eigenvalue weighted by Crippen LogP contribution is -2.30. The molecule has 0 saturated heterocycles. The van der Waals surface area contributed by atoms with Gasteiger partial charge in [-0.25, -0.2) is 5.10 Å². The van der Waals surface area contributed by atoms with E-state index in [1.54, 1.807) is 31.2 Å². The number of carbonyl (C=O) groups is 1. The molecule has 1 amide bonds. The summed E-state index contributed by atoms with van der Waals surface area (Å²) < 4.78 is 5.45. The van der Waals surface area contributed by atoms with Crippen molar-refractivity contribution in [3.63, 3.8) is 0 Å². The second-order valence-corrected chi connectivity index (χ2v) is 3.69. The number of hydrogen-bond donors (Lipinski definition) is 2. The van der Waals surface area contributed by atoms with Crippen molar-refractivity contribution >= 4 is 11.9 Å². The number of ether oxygens (including phenoxy) is 1. The van der Waals surface area contributed by atoms with Crippen LogP contribution in [0.25, 0.3) is 0 Å². The van der Waals surface area contributed by atoms with E-state index in [1.807, 2.05) is 6.07 Å². The highest BCUT2D eigenvalue weighted by atomic mass is 16.5. The molecule has 0 bridgehead atoms. The molecule has 0 unspecified atom stereocenters. The number of para-hydroxylation sites is 1.